The maximum atomic E-state index is 12.0. The van der Waals surface area contributed by atoms with Gasteiger partial charge < -0.3 is 25.0 Å². The van der Waals surface area contributed by atoms with Crippen LogP contribution in [-0.2, 0) is 9.47 Å². The number of carbonyl (C=O) groups is 1. The molecule has 0 aromatic carbocycles. The summed E-state index contributed by atoms with van der Waals surface area (Å²) in [4.78, 5) is 22.6. The molecule has 2 aliphatic heterocycles. The van der Waals surface area contributed by atoms with E-state index in [1.807, 2.05) is 0 Å². The molecule has 30 heavy (non-hydrogen) atoms. The quantitative estimate of drug-likeness (QED) is 0.243. The van der Waals surface area contributed by atoms with Crippen molar-refractivity contribution in [1.29, 1.82) is 0 Å². The molecule has 3 rings (SSSR count). The van der Waals surface area contributed by atoms with Crippen LogP contribution in [0, 0.1) is 0 Å². The van der Waals surface area contributed by atoms with Crippen molar-refractivity contribution in [2.24, 2.45) is 4.99 Å². The summed E-state index contributed by atoms with van der Waals surface area (Å²) in [5.74, 6) is 0.754. The normalized spacial score (nSPS) is 20.4. The molecule has 1 atom stereocenters. The lowest BCUT2D eigenvalue weighted by atomic mass is 10.1. The Morgan fingerprint density at radius 1 is 1.27 bits per heavy atom. The Hall–Kier alpha value is -1.46. The number of carbonyl (C=O) groups excluding carboxylic acids is 1. The number of piperidine rings is 1. The van der Waals surface area contributed by atoms with Gasteiger partial charge in [0, 0.05) is 52.2 Å². The van der Waals surface area contributed by atoms with E-state index in [0.717, 1.165) is 44.9 Å². The van der Waals surface area contributed by atoms with Gasteiger partial charge in [-0.1, -0.05) is 0 Å². The van der Waals surface area contributed by atoms with E-state index in [4.69, 9.17) is 9.47 Å². The summed E-state index contributed by atoms with van der Waals surface area (Å²) >= 11 is 0. The van der Waals surface area contributed by atoms with Crippen molar-refractivity contribution < 1.29 is 14.3 Å². The third-order valence-corrected chi connectivity index (χ3v) is 5.36. The second-order valence-electron chi connectivity index (χ2n) is 7.48. The fourth-order valence-electron chi connectivity index (χ4n) is 3.70. The highest BCUT2D eigenvalue weighted by molar-refractivity contribution is 14.0. The van der Waals surface area contributed by atoms with E-state index >= 15 is 0 Å². The van der Waals surface area contributed by atoms with Crippen LogP contribution < -0.4 is 10.6 Å². The van der Waals surface area contributed by atoms with Crippen LogP contribution >= 0.6 is 24.0 Å². The summed E-state index contributed by atoms with van der Waals surface area (Å²) in [7, 11) is 1.79. The predicted molar refractivity (Wildman–Crippen MR) is 127 cm³/mol. The van der Waals surface area contributed by atoms with E-state index in [1.54, 1.807) is 31.6 Å². The minimum absolute atomic E-state index is 0. The summed E-state index contributed by atoms with van der Waals surface area (Å²) in [6.07, 6.45) is 9.31. The minimum Gasteiger partial charge on any atom is -0.376 e. The second kappa shape index (κ2) is 13.8. The predicted octanol–water partition coefficient (Wildman–Crippen LogP) is 2.05. The van der Waals surface area contributed by atoms with Gasteiger partial charge >= 0.3 is 0 Å². The first kappa shape index (κ1) is 24.8. The van der Waals surface area contributed by atoms with Crippen LogP contribution in [0.2, 0.25) is 0 Å². The number of guanidine groups is 1. The van der Waals surface area contributed by atoms with Gasteiger partial charge in [-0.05, 0) is 44.2 Å². The summed E-state index contributed by atoms with van der Waals surface area (Å²) < 4.78 is 11.8. The number of aromatic nitrogens is 1. The second-order valence-corrected chi connectivity index (χ2v) is 7.48. The third-order valence-electron chi connectivity index (χ3n) is 5.36. The monoisotopic (exact) mass is 531 g/mol. The molecule has 2 fully saturated rings. The highest BCUT2D eigenvalue weighted by Crippen LogP contribution is 2.17. The van der Waals surface area contributed by atoms with Crippen molar-refractivity contribution in [2.75, 3.05) is 46.4 Å². The largest absolute Gasteiger partial charge is 0.376 e. The van der Waals surface area contributed by atoms with Gasteiger partial charge in [-0.25, -0.2) is 0 Å². The third kappa shape index (κ3) is 7.99. The molecule has 1 unspecified atom stereocenters. The van der Waals surface area contributed by atoms with Crippen molar-refractivity contribution in [2.45, 2.75) is 44.3 Å². The Morgan fingerprint density at radius 2 is 2.07 bits per heavy atom. The van der Waals surface area contributed by atoms with Crippen molar-refractivity contribution in [3.8, 4) is 0 Å². The van der Waals surface area contributed by atoms with Crippen LogP contribution in [0.1, 0.15) is 42.5 Å². The van der Waals surface area contributed by atoms with Crippen molar-refractivity contribution in [1.82, 2.24) is 20.5 Å². The van der Waals surface area contributed by atoms with Crippen LogP contribution in [-0.4, -0.2) is 80.4 Å². The number of aliphatic imine (C=N–C) groups is 1. The highest BCUT2D eigenvalue weighted by Gasteiger charge is 2.23. The molecule has 2 saturated heterocycles. The fourth-order valence-corrected chi connectivity index (χ4v) is 3.70. The van der Waals surface area contributed by atoms with Gasteiger partial charge in [-0.3, -0.25) is 14.8 Å². The topological polar surface area (TPSA) is 88.1 Å². The molecule has 2 aliphatic rings. The van der Waals surface area contributed by atoms with E-state index in [9.17, 15) is 4.79 Å². The smallest absolute Gasteiger partial charge is 0.252 e. The number of amides is 1. The zero-order valence-corrected chi connectivity index (χ0v) is 20.0. The lowest BCUT2D eigenvalue weighted by molar-refractivity contribution is -0.0721. The first-order valence-electron chi connectivity index (χ1n) is 10.6. The van der Waals surface area contributed by atoms with Gasteiger partial charge in [0.1, 0.15) is 0 Å². The van der Waals surface area contributed by atoms with E-state index in [0.29, 0.717) is 31.4 Å². The molecule has 3 heterocycles. The van der Waals surface area contributed by atoms with Gasteiger partial charge in [0.05, 0.1) is 24.4 Å². The van der Waals surface area contributed by atoms with E-state index in [2.05, 4.69) is 25.5 Å². The van der Waals surface area contributed by atoms with Crippen LogP contribution in [0.25, 0.3) is 0 Å². The Morgan fingerprint density at radius 3 is 2.73 bits per heavy atom. The number of pyridine rings is 1. The number of likely N-dealkylation sites (tertiary alicyclic amines) is 1. The van der Waals surface area contributed by atoms with Gasteiger partial charge in [-0.2, -0.15) is 0 Å². The fraction of sp³-hybridized carbons (Fsp3) is 0.667. The van der Waals surface area contributed by atoms with Crippen LogP contribution in [0.4, 0.5) is 0 Å². The number of nitrogens with one attached hydrogen (secondary N) is 2. The lowest BCUT2D eigenvalue weighted by Gasteiger charge is -2.35. The number of nitrogens with zero attached hydrogens (tertiary/aromatic N) is 3. The molecular weight excluding hydrogens is 497 g/mol. The van der Waals surface area contributed by atoms with Crippen LogP contribution in [0.15, 0.2) is 29.5 Å². The summed E-state index contributed by atoms with van der Waals surface area (Å²) in [6.45, 7) is 4.56. The Bertz CT molecular complexity index is 647. The summed E-state index contributed by atoms with van der Waals surface area (Å²) in [5, 5.41) is 6.22. The SMILES string of the molecule is CN=C(NCCNC(=O)c1cccnc1)N1CCC(OCC2CCCCO2)CC1.I. The number of halogens is 1. The lowest BCUT2D eigenvalue weighted by Crippen LogP contribution is -2.48. The zero-order chi connectivity index (χ0) is 20.3. The van der Waals surface area contributed by atoms with Crippen LogP contribution in [0.3, 0.4) is 0 Å². The zero-order valence-electron chi connectivity index (χ0n) is 17.7. The van der Waals surface area contributed by atoms with Gasteiger partial charge in [0.25, 0.3) is 5.91 Å². The Balaban J connectivity index is 0.00000320. The maximum absolute atomic E-state index is 12.0. The van der Waals surface area contributed by atoms with Crippen molar-refractivity contribution in [3.05, 3.63) is 30.1 Å². The molecular formula is C21H34IN5O3. The molecule has 0 bridgehead atoms. The number of hydrogen-bond acceptors (Lipinski definition) is 5. The van der Waals surface area contributed by atoms with Gasteiger partial charge in [0.15, 0.2) is 5.96 Å². The summed E-state index contributed by atoms with van der Waals surface area (Å²) in [5.41, 5.74) is 0.567. The highest BCUT2D eigenvalue weighted by atomic mass is 127. The Labute approximate surface area is 196 Å². The van der Waals surface area contributed by atoms with Gasteiger partial charge in [0.2, 0.25) is 0 Å². The van der Waals surface area contributed by atoms with E-state index < -0.39 is 0 Å². The number of ether oxygens (including phenoxy) is 2. The van der Waals surface area contributed by atoms with E-state index in [-0.39, 0.29) is 36.0 Å². The number of hydrogen-bond donors (Lipinski definition) is 2. The van der Waals surface area contributed by atoms with Crippen molar-refractivity contribution in [3.63, 3.8) is 0 Å². The Kier molecular flexibility index (Phi) is 11.4. The molecule has 1 aromatic rings. The first-order valence-corrected chi connectivity index (χ1v) is 10.6. The minimum atomic E-state index is -0.116. The first-order chi connectivity index (χ1) is 14.3. The standard InChI is InChI=1S/C21H33N5O3.HI/c1-22-21(25-11-10-24-20(27)17-5-4-9-23-15-17)26-12-7-18(8-13-26)29-16-19-6-2-3-14-28-19;/h4-5,9,15,18-19H,2-3,6-8,10-14,16H2,1H3,(H,22,25)(H,24,27);1H. The maximum Gasteiger partial charge on any atom is 0.252 e. The van der Waals surface area contributed by atoms with Crippen molar-refractivity contribution >= 4 is 35.8 Å². The molecule has 9 heteroatoms. The molecule has 0 aliphatic carbocycles. The molecule has 0 saturated carbocycles. The number of rotatable bonds is 7. The molecule has 0 radical (unpaired) electrons. The van der Waals surface area contributed by atoms with Crippen LogP contribution in [0.5, 0.6) is 0 Å². The molecule has 8 nitrogen and oxygen atoms in total. The summed E-state index contributed by atoms with van der Waals surface area (Å²) in [6, 6.07) is 3.51. The van der Waals surface area contributed by atoms with Gasteiger partial charge in [-0.15, -0.1) is 24.0 Å². The van der Waals surface area contributed by atoms with E-state index in [1.165, 1.54) is 12.8 Å². The molecule has 0 spiro atoms. The average Bonchev–Trinajstić information content (AvgIpc) is 2.79. The molecule has 1 amide bonds. The molecule has 168 valence electrons. The average molecular weight is 531 g/mol. The molecule has 2 N–H and O–H groups in total. The molecule has 1 aromatic heterocycles.